The van der Waals surface area contributed by atoms with Gasteiger partial charge in [-0.05, 0) is 6.92 Å². The van der Waals surface area contributed by atoms with Gasteiger partial charge in [-0.15, -0.1) is 0 Å². The van der Waals surface area contributed by atoms with E-state index < -0.39 is 21.4 Å². The Hall–Kier alpha value is 0.227. The van der Waals surface area contributed by atoms with Gasteiger partial charge in [0.05, 0.1) is 6.61 Å². The first kappa shape index (κ1) is 15.2. The summed E-state index contributed by atoms with van der Waals surface area (Å²) in [5.41, 5.74) is -3.33. The first-order chi connectivity index (χ1) is 6.58. The lowest BCUT2D eigenvalue weighted by molar-refractivity contribution is -0.115. The summed E-state index contributed by atoms with van der Waals surface area (Å²) in [4.78, 5) is 0. The molecule has 3 nitrogen and oxygen atoms in total. The Kier molecular flexibility index (Phi) is 5.11. The predicted octanol–water partition coefficient (Wildman–Crippen LogP) is 3.72. The fraction of sp³-hybridized carbons (Fsp3) is 1.00. The number of hydrogen-bond acceptors (Lipinski definition) is 3. The van der Waals surface area contributed by atoms with Gasteiger partial charge in [0.25, 0.3) is 0 Å². The molecule has 0 heterocycles. The molecule has 0 rings (SSSR count). The van der Waals surface area contributed by atoms with Crippen LogP contribution in [0.3, 0.4) is 0 Å². The van der Waals surface area contributed by atoms with Gasteiger partial charge in [-0.2, -0.15) is 8.78 Å². The minimum absolute atomic E-state index is 0.0408. The fourth-order valence-corrected chi connectivity index (χ4v) is 3.31. The molecule has 1 atom stereocenters. The zero-order valence-electron chi connectivity index (χ0n) is 9.84. The zero-order chi connectivity index (χ0) is 12.3. The lowest BCUT2D eigenvalue weighted by atomic mass is 10.9. The normalized spacial score (nSPS) is 17.5. The molecule has 0 radical (unpaired) electrons. The van der Waals surface area contributed by atoms with Crippen LogP contribution in [0, 0.1) is 0 Å². The lowest BCUT2D eigenvalue weighted by Crippen LogP contribution is -2.46. The summed E-state index contributed by atoms with van der Waals surface area (Å²) >= 11 is 0. The standard InChI is InChI=1S/C8H19F2O3PSi/c1-6-12-14(11,7-2)13-8(9,10)15(3,4)5/h6-7H2,1-5H3. The Morgan fingerprint density at radius 3 is 2.00 bits per heavy atom. The highest BCUT2D eigenvalue weighted by Gasteiger charge is 2.50. The van der Waals surface area contributed by atoms with E-state index in [1.165, 1.54) is 26.6 Å². The van der Waals surface area contributed by atoms with Crippen LogP contribution in [0.2, 0.25) is 19.6 Å². The van der Waals surface area contributed by atoms with Gasteiger partial charge in [-0.3, -0.25) is 4.57 Å². The largest absolute Gasteiger partial charge is 0.334 e. The van der Waals surface area contributed by atoms with Gasteiger partial charge in [0, 0.05) is 6.16 Å². The van der Waals surface area contributed by atoms with E-state index in [2.05, 4.69) is 4.52 Å². The molecule has 0 amide bonds. The van der Waals surface area contributed by atoms with E-state index in [0.29, 0.717) is 0 Å². The first-order valence-corrected chi connectivity index (χ1v) is 10.1. The fourth-order valence-electron chi connectivity index (χ4n) is 0.690. The number of hydrogen-bond donors (Lipinski definition) is 0. The van der Waals surface area contributed by atoms with Crippen molar-refractivity contribution in [3.05, 3.63) is 0 Å². The molecular weight excluding hydrogens is 241 g/mol. The molecule has 7 heteroatoms. The Morgan fingerprint density at radius 1 is 1.27 bits per heavy atom. The predicted molar refractivity (Wildman–Crippen MR) is 59.2 cm³/mol. The Bertz CT molecular complexity index is 253. The summed E-state index contributed by atoms with van der Waals surface area (Å²) in [5.74, 6) is 0. The number of alkyl halides is 2. The third-order valence-electron chi connectivity index (χ3n) is 1.84. The molecule has 0 aliphatic carbocycles. The van der Waals surface area contributed by atoms with Crippen molar-refractivity contribution in [1.82, 2.24) is 0 Å². The van der Waals surface area contributed by atoms with Crippen LogP contribution in [-0.2, 0) is 13.6 Å². The SMILES string of the molecule is CCOP(=O)(CC)OC(F)(F)[Si](C)(C)C. The molecule has 0 aliphatic rings. The van der Waals surface area contributed by atoms with Crippen molar-refractivity contribution in [2.45, 2.75) is 39.2 Å². The number of rotatable bonds is 6. The number of halogens is 2. The van der Waals surface area contributed by atoms with Crippen molar-refractivity contribution in [2.75, 3.05) is 12.8 Å². The second-order valence-corrected chi connectivity index (χ2v) is 11.6. The molecule has 0 bridgehead atoms. The topological polar surface area (TPSA) is 35.5 Å². The van der Waals surface area contributed by atoms with Crippen molar-refractivity contribution < 1.29 is 22.4 Å². The summed E-state index contributed by atoms with van der Waals surface area (Å²) in [6.07, 6.45) is -0.0408. The zero-order valence-corrected chi connectivity index (χ0v) is 11.7. The highest BCUT2D eigenvalue weighted by molar-refractivity contribution is 7.53. The van der Waals surface area contributed by atoms with E-state index in [-0.39, 0.29) is 12.8 Å². The van der Waals surface area contributed by atoms with Crippen LogP contribution >= 0.6 is 7.60 Å². The summed E-state index contributed by atoms with van der Waals surface area (Å²) in [7, 11) is -6.48. The van der Waals surface area contributed by atoms with Crippen molar-refractivity contribution in [3.63, 3.8) is 0 Å². The van der Waals surface area contributed by atoms with Crippen molar-refractivity contribution in [1.29, 1.82) is 0 Å². The quantitative estimate of drug-likeness (QED) is 0.539. The Morgan fingerprint density at radius 2 is 1.73 bits per heavy atom. The molecule has 0 aromatic heterocycles. The Labute approximate surface area is 90.7 Å². The van der Waals surface area contributed by atoms with E-state index in [9.17, 15) is 13.3 Å². The van der Waals surface area contributed by atoms with E-state index in [1.807, 2.05) is 0 Å². The van der Waals surface area contributed by atoms with Crippen LogP contribution in [0.4, 0.5) is 8.78 Å². The van der Waals surface area contributed by atoms with Crippen molar-refractivity contribution in [2.24, 2.45) is 0 Å². The Balaban J connectivity index is 4.76. The molecule has 0 aromatic carbocycles. The molecule has 0 aliphatic heterocycles. The lowest BCUT2D eigenvalue weighted by Gasteiger charge is -2.30. The maximum atomic E-state index is 13.5. The minimum atomic E-state index is -3.63. The van der Waals surface area contributed by atoms with Crippen LogP contribution in [0.25, 0.3) is 0 Å². The van der Waals surface area contributed by atoms with Crippen LogP contribution < -0.4 is 0 Å². The van der Waals surface area contributed by atoms with E-state index in [0.717, 1.165) is 0 Å². The molecule has 0 saturated carbocycles. The molecule has 0 saturated heterocycles. The third-order valence-corrected chi connectivity index (χ3v) is 5.79. The maximum absolute atomic E-state index is 13.5. The van der Waals surface area contributed by atoms with Crippen molar-refractivity contribution >= 4 is 15.7 Å². The second-order valence-electron chi connectivity index (χ2n) is 4.20. The molecule has 0 fully saturated rings. The molecule has 0 spiro atoms. The highest BCUT2D eigenvalue weighted by Crippen LogP contribution is 2.53. The second kappa shape index (κ2) is 5.04. The molecule has 92 valence electrons. The molecular formula is C8H19F2O3PSi. The third kappa shape index (κ3) is 4.31. The van der Waals surface area contributed by atoms with Crippen LogP contribution in [0.15, 0.2) is 0 Å². The monoisotopic (exact) mass is 260 g/mol. The first-order valence-electron chi connectivity index (χ1n) is 4.90. The van der Waals surface area contributed by atoms with Crippen LogP contribution in [-0.4, -0.2) is 26.6 Å². The summed E-state index contributed by atoms with van der Waals surface area (Å²) < 4.78 is 48.0. The van der Waals surface area contributed by atoms with Crippen LogP contribution in [0.1, 0.15) is 13.8 Å². The van der Waals surface area contributed by atoms with E-state index in [1.54, 1.807) is 6.92 Å². The molecule has 1 unspecified atom stereocenters. The minimum Gasteiger partial charge on any atom is -0.309 e. The van der Waals surface area contributed by atoms with Gasteiger partial charge in [0.2, 0.25) is 0 Å². The maximum Gasteiger partial charge on any atom is 0.334 e. The summed E-state index contributed by atoms with van der Waals surface area (Å²) in [5, 5.41) is 0. The van der Waals surface area contributed by atoms with Crippen molar-refractivity contribution in [3.8, 4) is 0 Å². The molecule has 0 N–H and O–H groups in total. The van der Waals surface area contributed by atoms with Gasteiger partial charge in [0.1, 0.15) is 0 Å². The highest BCUT2D eigenvalue weighted by atomic mass is 31.2. The summed E-state index contributed by atoms with van der Waals surface area (Å²) in [6, 6.07) is 0. The van der Waals surface area contributed by atoms with E-state index >= 15 is 0 Å². The van der Waals surface area contributed by atoms with Gasteiger partial charge < -0.3 is 4.52 Å². The van der Waals surface area contributed by atoms with Gasteiger partial charge in [-0.1, -0.05) is 26.6 Å². The molecule has 15 heavy (non-hydrogen) atoms. The summed E-state index contributed by atoms with van der Waals surface area (Å²) in [6.45, 7) is 7.58. The van der Waals surface area contributed by atoms with Gasteiger partial charge in [0.15, 0.2) is 8.07 Å². The smallest absolute Gasteiger partial charge is 0.309 e. The average molecular weight is 260 g/mol. The molecule has 0 aromatic rings. The average Bonchev–Trinajstić information content (AvgIpc) is 2.01. The van der Waals surface area contributed by atoms with Gasteiger partial charge in [-0.25, -0.2) is 4.52 Å². The van der Waals surface area contributed by atoms with Gasteiger partial charge >= 0.3 is 13.3 Å². The van der Waals surface area contributed by atoms with E-state index in [4.69, 9.17) is 4.52 Å². The van der Waals surface area contributed by atoms with Crippen LogP contribution in [0.5, 0.6) is 0 Å².